The molecular formula is C28H35ClN2O6S. The predicted molar refractivity (Wildman–Crippen MR) is 146 cm³/mol. The fourth-order valence-electron chi connectivity index (χ4n) is 5.62. The van der Waals surface area contributed by atoms with Crippen molar-refractivity contribution in [3.63, 3.8) is 0 Å². The molecule has 2 aromatic rings. The van der Waals surface area contributed by atoms with Crippen molar-refractivity contribution in [2.75, 3.05) is 37.0 Å². The predicted octanol–water partition coefficient (Wildman–Crippen LogP) is 3.93. The maximum Gasteiger partial charge on any atom is 0.264 e. The molecule has 1 saturated carbocycles. The fraction of sp³-hybridized carbons (Fsp3) is 0.536. The molecule has 0 saturated heterocycles. The van der Waals surface area contributed by atoms with Crippen LogP contribution in [-0.2, 0) is 27.8 Å². The number of anilines is 1. The Balaban J connectivity index is 1.51. The van der Waals surface area contributed by atoms with Crippen LogP contribution in [0.15, 0.2) is 36.4 Å². The van der Waals surface area contributed by atoms with Gasteiger partial charge in [0.2, 0.25) is 10.0 Å². The van der Waals surface area contributed by atoms with Crippen LogP contribution in [0.1, 0.15) is 53.6 Å². The lowest BCUT2D eigenvalue weighted by Gasteiger charge is -2.43. The van der Waals surface area contributed by atoms with Gasteiger partial charge in [-0.2, -0.15) is 0 Å². The Labute approximate surface area is 229 Å². The second-order valence-electron chi connectivity index (χ2n) is 10.5. The maximum atomic E-state index is 13.0. The average Bonchev–Trinajstić information content (AvgIpc) is 2.88. The van der Waals surface area contributed by atoms with Crippen molar-refractivity contribution in [2.24, 2.45) is 11.8 Å². The summed E-state index contributed by atoms with van der Waals surface area (Å²) in [5.41, 5.74) is 3.26. The summed E-state index contributed by atoms with van der Waals surface area (Å²) in [5, 5.41) is 11.5. The first kappa shape index (κ1) is 27.2. The number of fused-ring (bicyclic) bond motifs is 3. The van der Waals surface area contributed by atoms with Gasteiger partial charge in [0.05, 0.1) is 24.2 Å². The highest BCUT2D eigenvalue weighted by Gasteiger charge is 2.38. The number of ether oxygens (including phenoxy) is 2. The number of benzene rings is 2. The molecule has 1 aliphatic carbocycles. The summed E-state index contributed by atoms with van der Waals surface area (Å²) in [7, 11) is -3.83. The third-order valence-corrected chi connectivity index (χ3v) is 9.46. The summed E-state index contributed by atoms with van der Waals surface area (Å²) in [4.78, 5) is 15.2. The van der Waals surface area contributed by atoms with E-state index in [0.717, 1.165) is 49.9 Å². The molecule has 3 aliphatic rings. The lowest BCUT2D eigenvalue weighted by molar-refractivity contribution is -0.0416. The zero-order chi connectivity index (χ0) is 26.7. The summed E-state index contributed by atoms with van der Waals surface area (Å²) in [6.45, 7) is 2.19. The Morgan fingerprint density at radius 1 is 1.05 bits per heavy atom. The van der Waals surface area contributed by atoms with Crippen LogP contribution in [0.25, 0.3) is 0 Å². The van der Waals surface area contributed by atoms with E-state index in [1.165, 1.54) is 5.56 Å². The first-order valence-corrected chi connectivity index (χ1v) is 15.4. The molecule has 2 aliphatic heterocycles. The Morgan fingerprint density at radius 2 is 1.92 bits per heavy atom. The second kappa shape index (κ2) is 11.8. The van der Waals surface area contributed by atoms with Crippen LogP contribution in [0.3, 0.4) is 0 Å². The van der Waals surface area contributed by atoms with Crippen LogP contribution in [0.5, 0.6) is 5.75 Å². The van der Waals surface area contributed by atoms with Crippen molar-refractivity contribution in [3.8, 4) is 5.75 Å². The zero-order valence-electron chi connectivity index (χ0n) is 21.4. The molecule has 1 amide bonds. The number of carbonyl (C=O) groups excluding carboxylic acids is 1. The quantitative estimate of drug-likeness (QED) is 0.501. The van der Waals surface area contributed by atoms with Crippen LogP contribution in [0.2, 0.25) is 5.02 Å². The van der Waals surface area contributed by atoms with E-state index in [1.54, 1.807) is 18.2 Å². The monoisotopic (exact) mass is 562 g/mol. The second-order valence-corrected chi connectivity index (χ2v) is 12.8. The maximum absolute atomic E-state index is 13.0. The summed E-state index contributed by atoms with van der Waals surface area (Å²) in [5.74, 6) is 0.144. The van der Waals surface area contributed by atoms with Crippen LogP contribution in [0.4, 0.5) is 5.69 Å². The van der Waals surface area contributed by atoms with E-state index in [2.05, 4.69) is 9.62 Å². The third kappa shape index (κ3) is 6.45. The van der Waals surface area contributed by atoms with Gasteiger partial charge < -0.3 is 19.5 Å². The molecule has 1 fully saturated rings. The lowest BCUT2D eigenvalue weighted by atomic mass is 9.70. The molecule has 5 rings (SSSR count). The van der Waals surface area contributed by atoms with Crippen molar-refractivity contribution in [1.82, 2.24) is 4.72 Å². The van der Waals surface area contributed by atoms with Crippen LogP contribution < -0.4 is 14.4 Å². The number of hydrogen-bond donors (Lipinski definition) is 2. The van der Waals surface area contributed by atoms with Gasteiger partial charge in [0.15, 0.2) is 0 Å². The van der Waals surface area contributed by atoms with Gasteiger partial charge in [-0.1, -0.05) is 17.7 Å². The standard InChI is InChI=1S/C28H35ClN2O6S/c29-23-8-5-22-17-37-27-10-7-20-15-25(27)31(11-2-1-4-19(22)14-23)16-21-6-9-24(21)26(32)18-36-12-3-13-38(34,35)30-28(20)33/h5,7-8,10,14-15,21,24,26,32H,1-4,6,9,11-13,16-18H2,(H,30,33)/t21-,24+,26+/m0/s1. The topological polar surface area (TPSA) is 105 Å². The van der Waals surface area contributed by atoms with E-state index in [4.69, 9.17) is 21.1 Å². The first-order valence-electron chi connectivity index (χ1n) is 13.4. The van der Waals surface area contributed by atoms with E-state index >= 15 is 0 Å². The Hall–Kier alpha value is -2.33. The number of aliphatic hydroxyl groups excluding tert-OH is 1. The minimum absolute atomic E-state index is 0.118. The summed E-state index contributed by atoms with van der Waals surface area (Å²) in [6, 6.07) is 10.9. The number of carbonyl (C=O) groups is 1. The lowest BCUT2D eigenvalue weighted by Crippen LogP contribution is -2.45. The normalized spacial score (nSPS) is 26.4. The van der Waals surface area contributed by atoms with Crippen molar-refractivity contribution in [3.05, 3.63) is 58.1 Å². The Morgan fingerprint density at radius 3 is 2.74 bits per heavy atom. The van der Waals surface area contributed by atoms with Crippen molar-refractivity contribution < 1.29 is 27.8 Å². The Kier molecular flexibility index (Phi) is 8.47. The molecule has 206 valence electrons. The highest BCUT2D eigenvalue weighted by Crippen LogP contribution is 2.40. The molecule has 2 aromatic carbocycles. The van der Waals surface area contributed by atoms with E-state index in [9.17, 15) is 18.3 Å². The minimum atomic E-state index is -3.83. The smallest absolute Gasteiger partial charge is 0.264 e. The molecule has 0 unspecified atom stereocenters. The van der Waals surface area contributed by atoms with E-state index in [1.807, 2.05) is 18.2 Å². The van der Waals surface area contributed by atoms with E-state index in [0.29, 0.717) is 23.9 Å². The fourth-order valence-corrected chi connectivity index (χ4v) is 6.82. The van der Waals surface area contributed by atoms with Crippen molar-refractivity contribution in [1.29, 1.82) is 0 Å². The molecule has 0 radical (unpaired) electrons. The van der Waals surface area contributed by atoms with E-state index in [-0.39, 0.29) is 42.8 Å². The van der Waals surface area contributed by atoms with Crippen LogP contribution >= 0.6 is 11.6 Å². The van der Waals surface area contributed by atoms with Gasteiger partial charge in [0.1, 0.15) is 12.4 Å². The number of aryl methyl sites for hydroxylation is 1. The number of hydrogen-bond acceptors (Lipinski definition) is 7. The van der Waals surface area contributed by atoms with Gasteiger partial charge in [-0.25, -0.2) is 13.1 Å². The molecule has 2 heterocycles. The summed E-state index contributed by atoms with van der Waals surface area (Å²) >= 11 is 6.27. The van der Waals surface area contributed by atoms with E-state index < -0.39 is 22.0 Å². The number of rotatable bonds is 0. The van der Waals surface area contributed by atoms with Gasteiger partial charge in [-0.15, -0.1) is 0 Å². The highest BCUT2D eigenvalue weighted by atomic mass is 35.5. The number of aliphatic hydroxyl groups is 1. The number of sulfonamides is 1. The molecular weight excluding hydrogens is 528 g/mol. The molecule has 2 bridgehead atoms. The molecule has 2 N–H and O–H groups in total. The molecule has 10 heteroatoms. The average molecular weight is 563 g/mol. The molecule has 38 heavy (non-hydrogen) atoms. The molecule has 0 aromatic heterocycles. The van der Waals surface area contributed by atoms with Gasteiger partial charge in [0, 0.05) is 30.3 Å². The number of nitrogens with zero attached hydrogens (tertiary/aromatic N) is 1. The third-order valence-electron chi connectivity index (χ3n) is 7.90. The number of halogens is 1. The number of amides is 1. The van der Waals surface area contributed by atoms with Gasteiger partial charge in [0.25, 0.3) is 5.91 Å². The van der Waals surface area contributed by atoms with Gasteiger partial charge in [-0.05, 0) is 91.8 Å². The van der Waals surface area contributed by atoms with Crippen molar-refractivity contribution in [2.45, 2.75) is 51.2 Å². The van der Waals surface area contributed by atoms with Crippen LogP contribution in [0, 0.1) is 11.8 Å². The number of nitrogens with one attached hydrogen (secondary N) is 1. The first-order chi connectivity index (χ1) is 18.3. The highest BCUT2D eigenvalue weighted by molar-refractivity contribution is 7.90. The van der Waals surface area contributed by atoms with Crippen LogP contribution in [-0.4, -0.2) is 57.6 Å². The Bertz CT molecular complexity index is 1270. The molecule has 8 nitrogen and oxygen atoms in total. The van der Waals surface area contributed by atoms with Gasteiger partial charge in [-0.3, -0.25) is 4.79 Å². The summed E-state index contributed by atoms with van der Waals surface area (Å²) < 4.78 is 39.1. The minimum Gasteiger partial charge on any atom is -0.487 e. The summed E-state index contributed by atoms with van der Waals surface area (Å²) in [6.07, 6.45) is 4.35. The van der Waals surface area contributed by atoms with Gasteiger partial charge >= 0.3 is 0 Å². The molecule has 0 spiro atoms. The molecule has 3 atom stereocenters. The largest absolute Gasteiger partial charge is 0.487 e. The van der Waals surface area contributed by atoms with Crippen molar-refractivity contribution >= 4 is 33.2 Å². The SMILES string of the molecule is O=C1NS(=O)(=O)CCCOC[C@@H](O)[C@@H]2CC[C@H]2CN2CCCCc3cc(Cl)ccc3COc3ccc1cc32. The zero-order valence-corrected chi connectivity index (χ0v) is 23.0.